The van der Waals surface area contributed by atoms with Crippen molar-refractivity contribution < 1.29 is 19.8 Å². The molecule has 19 heavy (non-hydrogen) atoms. The van der Waals surface area contributed by atoms with E-state index in [1.165, 1.54) is 20.0 Å². The molecule has 5 heteroatoms. The van der Waals surface area contributed by atoms with Crippen molar-refractivity contribution in [3.8, 4) is 0 Å². The summed E-state index contributed by atoms with van der Waals surface area (Å²) in [5.74, 6) is 0. The second-order valence-corrected chi connectivity index (χ2v) is 7.54. The molecule has 0 radical (unpaired) electrons. The van der Waals surface area contributed by atoms with Crippen molar-refractivity contribution in [2.45, 2.75) is 6.10 Å². The fourth-order valence-corrected chi connectivity index (χ4v) is 4.86. The van der Waals surface area contributed by atoms with Gasteiger partial charge < -0.3 is 5.11 Å². The summed E-state index contributed by atoms with van der Waals surface area (Å²) in [5.41, 5.74) is 1.16. The van der Waals surface area contributed by atoms with Crippen LogP contribution in [0.3, 0.4) is 0 Å². The van der Waals surface area contributed by atoms with E-state index in [0.29, 0.717) is 0 Å². The Morgan fingerprint density at radius 3 is 1.89 bits per heavy atom. The SMILES string of the molecule is O[C@@H](c1ccc(Br)cc1)C12C[NH+]3C[NH+](C[NH+](C3)C1)C2. The first kappa shape index (κ1) is 12.3. The molecule has 1 aromatic carbocycles. The number of aliphatic hydroxyl groups excluding tert-OH is 1. The Bertz CT molecular complexity index is 455. The molecule has 0 amide bonds. The number of hydrogen-bond donors (Lipinski definition) is 4. The second kappa shape index (κ2) is 4.27. The van der Waals surface area contributed by atoms with E-state index in [4.69, 9.17) is 0 Å². The summed E-state index contributed by atoms with van der Waals surface area (Å²) in [7, 11) is 0. The first-order valence-corrected chi connectivity index (χ1v) is 7.88. The summed E-state index contributed by atoms with van der Waals surface area (Å²) >= 11 is 3.46. The number of rotatable bonds is 2. The largest absolute Gasteiger partial charge is 0.387 e. The summed E-state index contributed by atoms with van der Waals surface area (Å²) in [6, 6.07) is 8.19. The van der Waals surface area contributed by atoms with Gasteiger partial charge in [-0.3, -0.25) is 0 Å². The van der Waals surface area contributed by atoms with Gasteiger partial charge in [-0.15, -0.1) is 0 Å². The van der Waals surface area contributed by atoms with E-state index in [9.17, 15) is 5.11 Å². The lowest BCUT2D eigenvalue weighted by molar-refractivity contribution is -1.30. The van der Waals surface area contributed by atoms with Crippen LogP contribution in [0, 0.1) is 5.41 Å². The molecule has 4 aliphatic heterocycles. The van der Waals surface area contributed by atoms with Crippen molar-refractivity contribution in [2.24, 2.45) is 5.41 Å². The normalized spacial score (nSPS) is 41.5. The third-order valence-corrected chi connectivity index (χ3v) is 5.60. The summed E-state index contributed by atoms with van der Waals surface area (Å²) in [5, 5.41) is 10.9. The maximum Gasteiger partial charge on any atom is 0.213 e. The summed E-state index contributed by atoms with van der Waals surface area (Å²) in [6.45, 7) is 7.15. The Balaban J connectivity index is 1.65. The lowest BCUT2D eigenvalue weighted by Crippen LogP contribution is -3.55. The Morgan fingerprint density at radius 2 is 1.42 bits per heavy atom. The van der Waals surface area contributed by atoms with Crippen LogP contribution in [0.5, 0.6) is 0 Å². The van der Waals surface area contributed by atoms with Crippen molar-refractivity contribution >= 4 is 15.9 Å². The van der Waals surface area contributed by atoms with Gasteiger partial charge in [-0.05, 0) is 17.7 Å². The quantitative estimate of drug-likeness (QED) is 0.460. The minimum absolute atomic E-state index is 0.0859. The molecule has 4 saturated heterocycles. The molecule has 4 aliphatic rings. The van der Waals surface area contributed by atoms with E-state index in [2.05, 4.69) is 28.1 Å². The van der Waals surface area contributed by atoms with Gasteiger partial charge in [0.15, 0.2) is 0 Å². The Morgan fingerprint density at radius 1 is 0.947 bits per heavy atom. The highest BCUT2D eigenvalue weighted by atomic mass is 79.9. The van der Waals surface area contributed by atoms with E-state index >= 15 is 0 Å². The molecule has 5 rings (SSSR count). The van der Waals surface area contributed by atoms with Gasteiger partial charge in [-0.1, -0.05) is 28.1 Å². The fraction of sp³-hybridized carbons (Fsp3) is 0.571. The number of nitrogens with one attached hydrogen (secondary N) is 3. The molecule has 4 fully saturated rings. The number of aliphatic hydroxyl groups is 1. The molecule has 0 unspecified atom stereocenters. The second-order valence-electron chi connectivity index (χ2n) is 6.63. The molecular weight excluding hydrogens is 306 g/mol. The highest BCUT2D eigenvalue weighted by molar-refractivity contribution is 9.10. The molecule has 4 bridgehead atoms. The first-order chi connectivity index (χ1) is 9.14. The topological polar surface area (TPSA) is 33.6 Å². The third kappa shape index (κ3) is 1.96. The van der Waals surface area contributed by atoms with Crippen molar-refractivity contribution in [3.05, 3.63) is 34.3 Å². The zero-order valence-corrected chi connectivity index (χ0v) is 12.5. The van der Waals surface area contributed by atoms with Crippen molar-refractivity contribution in [1.29, 1.82) is 0 Å². The Hall–Kier alpha value is -0.460. The predicted octanol–water partition coefficient (Wildman–Crippen LogP) is -2.96. The predicted molar refractivity (Wildman–Crippen MR) is 73.6 cm³/mol. The van der Waals surface area contributed by atoms with Crippen LogP contribution in [0.15, 0.2) is 28.7 Å². The third-order valence-electron chi connectivity index (χ3n) is 5.07. The van der Waals surface area contributed by atoms with Gasteiger partial charge in [0.05, 0.1) is 0 Å². The van der Waals surface area contributed by atoms with Crippen molar-refractivity contribution in [2.75, 3.05) is 39.6 Å². The van der Waals surface area contributed by atoms with Gasteiger partial charge in [0.25, 0.3) is 0 Å². The molecule has 1 aromatic rings. The van der Waals surface area contributed by atoms with Gasteiger partial charge in [-0.25, -0.2) is 14.7 Å². The molecule has 102 valence electrons. The highest BCUT2D eigenvalue weighted by Crippen LogP contribution is 2.33. The number of benzene rings is 1. The van der Waals surface area contributed by atoms with E-state index in [0.717, 1.165) is 29.7 Å². The van der Waals surface area contributed by atoms with Crippen molar-refractivity contribution in [3.63, 3.8) is 0 Å². The summed E-state index contributed by atoms with van der Waals surface area (Å²) in [6.07, 6.45) is -0.318. The fourth-order valence-electron chi connectivity index (χ4n) is 4.59. The smallest absolute Gasteiger partial charge is 0.213 e. The molecule has 4 nitrogen and oxygen atoms in total. The molecule has 4 heterocycles. The van der Waals surface area contributed by atoms with Gasteiger partial charge >= 0.3 is 0 Å². The first-order valence-electron chi connectivity index (χ1n) is 7.09. The zero-order valence-electron chi connectivity index (χ0n) is 11.0. The molecule has 1 atom stereocenters. The molecule has 4 N–H and O–H groups in total. The van der Waals surface area contributed by atoms with Crippen LogP contribution >= 0.6 is 15.9 Å². The molecular formula is C14H21BrN3O+3. The van der Waals surface area contributed by atoms with E-state index < -0.39 is 0 Å². The lowest BCUT2D eigenvalue weighted by atomic mass is 9.74. The molecule has 0 aromatic heterocycles. The maximum absolute atomic E-state index is 10.9. The minimum Gasteiger partial charge on any atom is -0.387 e. The standard InChI is InChI=1S/C14H18BrN3O/c15-12-3-1-11(2-4-12)13(19)14-5-16-8-17(6-14)10-18(7-14)9-16/h1-4,13,19H,5-10H2/p+3/t13-/m0/s1. The van der Waals surface area contributed by atoms with Crippen LogP contribution in [0.25, 0.3) is 0 Å². The molecule has 0 saturated carbocycles. The zero-order chi connectivity index (χ0) is 13.0. The van der Waals surface area contributed by atoms with E-state index in [1.54, 1.807) is 14.7 Å². The summed E-state index contributed by atoms with van der Waals surface area (Å²) < 4.78 is 1.08. The number of quaternary nitrogens is 3. The van der Waals surface area contributed by atoms with Crippen LogP contribution in [-0.2, 0) is 0 Å². The molecule has 0 spiro atoms. The van der Waals surface area contributed by atoms with Gasteiger partial charge in [0.2, 0.25) is 20.0 Å². The van der Waals surface area contributed by atoms with Crippen molar-refractivity contribution in [1.82, 2.24) is 0 Å². The van der Waals surface area contributed by atoms with Crippen LogP contribution in [0.1, 0.15) is 11.7 Å². The molecule has 0 aliphatic carbocycles. The van der Waals surface area contributed by atoms with Crippen LogP contribution in [-0.4, -0.2) is 44.7 Å². The van der Waals surface area contributed by atoms with E-state index in [1.807, 2.05) is 12.1 Å². The summed E-state index contributed by atoms with van der Waals surface area (Å²) in [4.78, 5) is 5.01. The van der Waals surface area contributed by atoms with Gasteiger partial charge in [0, 0.05) is 4.47 Å². The maximum atomic E-state index is 10.9. The van der Waals surface area contributed by atoms with Crippen LogP contribution < -0.4 is 14.7 Å². The van der Waals surface area contributed by atoms with Gasteiger partial charge in [-0.2, -0.15) is 0 Å². The average Bonchev–Trinajstić information content (AvgIpc) is 2.37. The Labute approximate surface area is 121 Å². The van der Waals surface area contributed by atoms with Crippen LogP contribution in [0.2, 0.25) is 0 Å². The Kier molecular flexibility index (Phi) is 2.76. The number of halogens is 1. The van der Waals surface area contributed by atoms with Gasteiger partial charge in [0.1, 0.15) is 31.2 Å². The number of hydrogen-bond acceptors (Lipinski definition) is 1. The average molecular weight is 327 g/mol. The van der Waals surface area contributed by atoms with E-state index in [-0.39, 0.29) is 11.5 Å². The lowest BCUT2D eigenvalue weighted by Gasteiger charge is -2.53. The highest BCUT2D eigenvalue weighted by Gasteiger charge is 2.60. The van der Waals surface area contributed by atoms with Crippen LogP contribution in [0.4, 0.5) is 0 Å². The minimum atomic E-state index is -0.318. The monoisotopic (exact) mass is 326 g/mol.